The largest absolute Gasteiger partial charge is 0.272 e. The third kappa shape index (κ3) is 2.66. The first-order valence-electron chi connectivity index (χ1n) is 5.78. The highest BCUT2D eigenvalue weighted by atomic mass is 32.2. The van der Waals surface area contributed by atoms with Crippen molar-refractivity contribution in [2.75, 3.05) is 18.9 Å². The number of carbonyl (C=O) groups is 2. The lowest BCUT2D eigenvalue weighted by Gasteiger charge is -2.13. The summed E-state index contributed by atoms with van der Waals surface area (Å²) < 4.78 is 26.9. The number of amides is 2. The second kappa shape index (κ2) is 5.10. The van der Waals surface area contributed by atoms with E-state index >= 15 is 0 Å². The summed E-state index contributed by atoms with van der Waals surface area (Å²) in [5.41, 5.74) is 0.677. The smallest absolute Gasteiger partial charge is 0.267 e. The molecule has 0 fully saturated rings. The van der Waals surface area contributed by atoms with Gasteiger partial charge >= 0.3 is 0 Å². The number of hydrogen-bond acceptors (Lipinski definition) is 5. The normalized spacial score (nSPS) is 14.9. The number of benzene rings is 1. The summed E-state index contributed by atoms with van der Waals surface area (Å²) in [6.45, 7) is 1.16. The number of nitrogens with zero attached hydrogens (tertiary/aromatic N) is 1. The molecule has 19 heavy (non-hydrogen) atoms. The van der Waals surface area contributed by atoms with Gasteiger partial charge in [-0.15, -0.1) is 0 Å². The van der Waals surface area contributed by atoms with E-state index in [1.165, 1.54) is 6.92 Å². The van der Waals surface area contributed by atoms with E-state index in [0.29, 0.717) is 11.1 Å². The van der Waals surface area contributed by atoms with Crippen molar-refractivity contribution in [3.05, 3.63) is 35.4 Å². The van der Waals surface area contributed by atoms with Gasteiger partial charge in [-0.1, -0.05) is 12.1 Å². The maximum atomic E-state index is 11.9. The molecule has 6 nitrogen and oxygen atoms in total. The minimum atomic E-state index is -3.56. The Bertz CT molecular complexity index is 588. The van der Waals surface area contributed by atoms with Gasteiger partial charge in [-0.05, 0) is 19.1 Å². The zero-order valence-corrected chi connectivity index (χ0v) is 11.1. The van der Waals surface area contributed by atoms with Gasteiger partial charge in [0, 0.05) is 0 Å². The SMILES string of the molecule is CCS(=O)(=O)OCCN1C(=O)c2ccccc2C1=O. The van der Waals surface area contributed by atoms with Gasteiger partial charge in [0.25, 0.3) is 21.9 Å². The third-order valence-corrected chi connectivity index (χ3v) is 4.04. The fourth-order valence-corrected chi connectivity index (χ4v) is 2.28. The number of fused-ring (bicyclic) bond motifs is 1. The van der Waals surface area contributed by atoms with Gasteiger partial charge in [0.1, 0.15) is 0 Å². The van der Waals surface area contributed by atoms with E-state index in [1.54, 1.807) is 24.3 Å². The standard InChI is InChI=1S/C12H13NO5S/c1-2-19(16,17)18-8-7-13-11(14)9-5-3-4-6-10(9)12(13)15/h3-6H,2,7-8H2,1H3. The van der Waals surface area contributed by atoms with Crippen LogP contribution >= 0.6 is 0 Å². The molecule has 2 rings (SSSR count). The van der Waals surface area contributed by atoms with Crippen LogP contribution in [-0.4, -0.2) is 44.0 Å². The lowest BCUT2D eigenvalue weighted by atomic mass is 10.1. The Balaban J connectivity index is 2.05. The van der Waals surface area contributed by atoms with Crippen molar-refractivity contribution in [1.29, 1.82) is 0 Å². The van der Waals surface area contributed by atoms with E-state index in [9.17, 15) is 18.0 Å². The van der Waals surface area contributed by atoms with Crippen molar-refractivity contribution < 1.29 is 22.2 Å². The second-order valence-corrected chi connectivity index (χ2v) is 5.90. The Hall–Kier alpha value is -1.73. The third-order valence-electron chi connectivity index (χ3n) is 2.81. The van der Waals surface area contributed by atoms with Crippen molar-refractivity contribution in [3.63, 3.8) is 0 Å². The molecule has 2 amide bonds. The lowest BCUT2D eigenvalue weighted by molar-refractivity contribution is 0.0632. The van der Waals surface area contributed by atoms with Crippen LogP contribution in [0.5, 0.6) is 0 Å². The first kappa shape index (κ1) is 13.7. The summed E-state index contributed by atoms with van der Waals surface area (Å²) >= 11 is 0. The summed E-state index contributed by atoms with van der Waals surface area (Å²) in [6, 6.07) is 6.48. The van der Waals surface area contributed by atoms with Crippen LogP contribution in [0.3, 0.4) is 0 Å². The number of imide groups is 1. The monoisotopic (exact) mass is 283 g/mol. The molecular weight excluding hydrogens is 270 g/mol. The van der Waals surface area contributed by atoms with E-state index in [-0.39, 0.29) is 18.9 Å². The zero-order chi connectivity index (χ0) is 14.0. The molecule has 0 N–H and O–H groups in total. The Morgan fingerprint density at radius 3 is 2.11 bits per heavy atom. The maximum Gasteiger partial charge on any atom is 0.267 e. The molecule has 1 aliphatic heterocycles. The molecule has 0 bridgehead atoms. The average molecular weight is 283 g/mol. The topological polar surface area (TPSA) is 80.8 Å². The van der Waals surface area contributed by atoms with Crippen LogP contribution in [0.25, 0.3) is 0 Å². The number of hydrogen-bond donors (Lipinski definition) is 0. The molecule has 7 heteroatoms. The van der Waals surface area contributed by atoms with Gasteiger partial charge in [0.15, 0.2) is 0 Å². The molecule has 0 atom stereocenters. The molecule has 1 aromatic carbocycles. The van der Waals surface area contributed by atoms with Crippen LogP contribution in [0.1, 0.15) is 27.6 Å². The molecular formula is C12H13NO5S. The highest BCUT2D eigenvalue weighted by Gasteiger charge is 2.34. The van der Waals surface area contributed by atoms with Gasteiger partial charge in [-0.2, -0.15) is 8.42 Å². The Labute approximate surface area is 111 Å². The fourth-order valence-electron chi connectivity index (χ4n) is 1.78. The predicted octanol–water partition coefficient (Wildman–Crippen LogP) is 0.649. The lowest BCUT2D eigenvalue weighted by Crippen LogP contribution is -2.33. The molecule has 0 saturated heterocycles. The number of carbonyl (C=O) groups excluding carboxylic acids is 2. The highest BCUT2D eigenvalue weighted by Crippen LogP contribution is 2.21. The highest BCUT2D eigenvalue weighted by molar-refractivity contribution is 7.86. The van der Waals surface area contributed by atoms with Crippen LogP contribution < -0.4 is 0 Å². The summed E-state index contributed by atoms with van der Waals surface area (Å²) in [6.07, 6.45) is 0. The van der Waals surface area contributed by atoms with E-state index in [2.05, 4.69) is 4.18 Å². The average Bonchev–Trinajstić information content (AvgIpc) is 2.64. The molecule has 1 aliphatic rings. The van der Waals surface area contributed by atoms with E-state index < -0.39 is 21.9 Å². The van der Waals surface area contributed by atoms with Crippen LogP contribution in [0.2, 0.25) is 0 Å². The summed E-state index contributed by atoms with van der Waals surface area (Å²) in [4.78, 5) is 24.9. The maximum absolute atomic E-state index is 11.9. The zero-order valence-electron chi connectivity index (χ0n) is 10.3. The van der Waals surface area contributed by atoms with Gasteiger partial charge in [0.05, 0.1) is 30.0 Å². The van der Waals surface area contributed by atoms with Crippen LogP contribution in [0.15, 0.2) is 24.3 Å². The van der Waals surface area contributed by atoms with Crippen molar-refractivity contribution in [2.24, 2.45) is 0 Å². The van der Waals surface area contributed by atoms with Crippen LogP contribution in [-0.2, 0) is 14.3 Å². The van der Waals surface area contributed by atoms with Crippen molar-refractivity contribution in [2.45, 2.75) is 6.92 Å². The quantitative estimate of drug-likeness (QED) is 0.585. The van der Waals surface area contributed by atoms with Crippen molar-refractivity contribution in [1.82, 2.24) is 4.90 Å². The van der Waals surface area contributed by atoms with Crippen LogP contribution in [0.4, 0.5) is 0 Å². The van der Waals surface area contributed by atoms with Gasteiger partial charge in [-0.3, -0.25) is 18.7 Å². The first-order chi connectivity index (χ1) is 8.96. The Morgan fingerprint density at radius 2 is 1.63 bits per heavy atom. The molecule has 0 saturated carbocycles. The fraction of sp³-hybridized carbons (Fsp3) is 0.333. The molecule has 0 aromatic heterocycles. The van der Waals surface area contributed by atoms with Crippen molar-refractivity contribution >= 4 is 21.9 Å². The first-order valence-corrected chi connectivity index (χ1v) is 7.36. The molecule has 102 valence electrons. The van der Waals surface area contributed by atoms with E-state index in [4.69, 9.17) is 0 Å². The minimum Gasteiger partial charge on any atom is -0.272 e. The van der Waals surface area contributed by atoms with Gasteiger partial charge < -0.3 is 0 Å². The molecule has 0 unspecified atom stereocenters. The Morgan fingerprint density at radius 1 is 1.11 bits per heavy atom. The van der Waals surface area contributed by atoms with Gasteiger partial charge in [0.2, 0.25) is 0 Å². The summed E-state index contributed by atoms with van der Waals surface area (Å²) in [5, 5.41) is 0. The van der Waals surface area contributed by atoms with Crippen LogP contribution in [0, 0.1) is 0 Å². The minimum absolute atomic E-state index is 0.0778. The molecule has 0 aliphatic carbocycles. The predicted molar refractivity (Wildman–Crippen MR) is 67.2 cm³/mol. The second-order valence-electron chi connectivity index (χ2n) is 3.98. The van der Waals surface area contributed by atoms with Crippen molar-refractivity contribution in [3.8, 4) is 0 Å². The molecule has 0 spiro atoms. The number of rotatable bonds is 5. The van der Waals surface area contributed by atoms with E-state index in [1.807, 2.05) is 0 Å². The Kier molecular flexibility index (Phi) is 3.68. The molecule has 1 heterocycles. The van der Waals surface area contributed by atoms with E-state index in [0.717, 1.165) is 4.90 Å². The molecule has 1 aromatic rings. The summed E-state index contributed by atoms with van der Waals surface area (Å²) in [7, 11) is -3.56. The summed E-state index contributed by atoms with van der Waals surface area (Å²) in [5.74, 6) is -0.981. The molecule has 0 radical (unpaired) electrons. The van der Waals surface area contributed by atoms with Gasteiger partial charge in [-0.25, -0.2) is 0 Å².